The maximum Gasteiger partial charge on any atom is 0.407 e. The molecule has 3 N–H and O–H groups in total. The summed E-state index contributed by atoms with van der Waals surface area (Å²) in [6.07, 6.45) is 0.962. The number of nitrogens with one attached hydrogen (secondary N) is 2. The van der Waals surface area contributed by atoms with Gasteiger partial charge in [-0.2, -0.15) is 0 Å². The van der Waals surface area contributed by atoms with Crippen LogP contribution in [0, 0.1) is 9.49 Å². The lowest BCUT2D eigenvalue weighted by Crippen LogP contribution is -2.52. The van der Waals surface area contributed by atoms with Crippen molar-refractivity contribution in [2.75, 3.05) is 13.1 Å². The quantitative estimate of drug-likeness (QED) is 0.402. The maximum absolute atomic E-state index is 12.9. The molecule has 0 aromatic heterocycles. The fourth-order valence-corrected chi connectivity index (χ4v) is 4.55. The van der Waals surface area contributed by atoms with E-state index in [-0.39, 0.29) is 17.9 Å². The Morgan fingerprint density at radius 2 is 2.03 bits per heavy atom. The number of ether oxygens (including phenoxy) is 1. The van der Waals surface area contributed by atoms with Crippen molar-refractivity contribution in [1.82, 2.24) is 15.5 Å². The van der Waals surface area contributed by atoms with Gasteiger partial charge >= 0.3 is 6.09 Å². The lowest BCUT2D eigenvalue weighted by Gasteiger charge is -2.32. The summed E-state index contributed by atoms with van der Waals surface area (Å²) >= 11 is 2.26. The van der Waals surface area contributed by atoms with E-state index in [1.54, 1.807) is 0 Å². The molecule has 1 aromatic carbocycles. The smallest absolute Gasteiger partial charge is 0.407 e. The van der Waals surface area contributed by atoms with Gasteiger partial charge in [-0.15, -0.1) is 0 Å². The van der Waals surface area contributed by atoms with Crippen LogP contribution in [-0.2, 0) is 16.1 Å². The molecule has 0 bridgehead atoms. The lowest BCUT2D eigenvalue weighted by molar-refractivity contribution is -0.126. The second-order valence-corrected chi connectivity index (χ2v) is 11.2. The minimum absolute atomic E-state index is 0.0194. The Bertz CT molecular complexity index is 766. The molecule has 0 aliphatic carbocycles. The number of alkyl carbamates (subject to hydrolysis) is 1. The number of hydrogen-bond acceptors (Lipinski definition) is 5. The zero-order valence-electron chi connectivity index (χ0n) is 19.9. The second kappa shape index (κ2) is 12.2. The number of benzene rings is 1. The van der Waals surface area contributed by atoms with Gasteiger partial charge < -0.3 is 20.5 Å². The predicted molar refractivity (Wildman–Crippen MR) is 134 cm³/mol. The molecule has 1 aliphatic heterocycles. The van der Waals surface area contributed by atoms with Gasteiger partial charge in [0.1, 0.15) is 5.60 Å². The number of nitrogens with zero attached hydrogens (tertiary/aromatic N) is 1. The van der Waals surface area contributed by atoms with Crippen molar-refractivity contribution >= 4 is 34.6 Å². The summed E-state index contributed by atoms with van der Waals surface area (Å²) in [7, 11) is 0. The molecule has 3 atom stereocenters. The molecule has 0 saturated carbocycles. The number of aliphatic hydroxyl groups excluding tert-OH is 1. The van der Waals surface area contributed by atoms with Gasteiger partial charge in [-0.1, -0.05) is 26.0 Å². The van der Waals surface area contributed by atoms with Gasteiger partial charge in [0, 0.05) is 16.7 Å². The molecule has 0 unspecified atom stereocenters. The van der Waals surface area contributed by atoms with Gasteiger partial charge in [-0.05, 0) is 92.8 Å². The van der Waals surface area contributed by atoms with E-state index in [2.05, 4.69) is 39.3 Å². The molecule has 0 radical (unpaired) electrons. The molecule has 32 heavy (non-hydrogen) atoms. The largest absolute Gasteiger partial charge is 0.444 e. The summed E-state index contributed by atoms with van der Waals surface area (Å²) in [4.78, 5) is 27.2. The van der Waals surface area contributed by atoms with Gasteiger partial charge in [0.2, 0.25) is 5.91 Å². The van der Waals surface area contributed by atoms with Gasteiger partial charge in [-0.3, -0.25) is 9.69 Å². The Morgan fingerprint density at radius 1 is 1.31 bits per heavy atom. The lowest BCUT2D eigenvalue weighted by atomic mass is 9.98. The van der Waals surface area contributed by atoms with Crippen LogP contribution in [0.3, 0.4) is 0 Å². The average molecular weight is 559 g/mol. The van der Waals surface area contributed by atoms with Gasteiger partial charge in [0.05, 0.1) is 18.2 Å². The first-order valence-electron chi connectivity index (χ1n) is 11.4. The molecule has 1 aromatic rings. The fraction of sp³-hybridized carbons (Fsp3) is 0.667. The first-order valence-corrected chi connectivity index (χ1v) is 12.5. The number of β-amino-alcohol motifs (C(OH)–C–C–N with tert-alkyl or cyclic N) is 1. The van der Waals surface area contributed by atoms with E-state index in [0.717, 1.165) is 28.5 Å². The Balaban J connectivity index is 1.95. The number of halogens is 1. The highest BCUT2D eigenvalue weighted by Crippen LogP contribution is 2.20. The van der Waals surface area contributed by atoms with Crippen molar-refractivity contribution in [2.24, 2.45) is 5.92 Å². The number of hydrogen-bond donors (Lipinski definition) is 3. The number of rotatable bonds is 9. The summed E-state index contributed by atoms with van der Waals surface area (Å²) in [5.41, 5.74) is 0.459. The summed E-state index contributed by atoms with van der Waals surface area (Å²) in [5.74, 6) is 0.269. The van der Waals surface area contributed by atoms with Crippen molar-refractivity contribution in [1.29, 1.82) is 0 Å². The molecule has 1 aliphatic rings. The highest BCUT2D eigenvalue weighted by atomic mass is 127. The summed E-state index contributed by atoms with van der Waals surface area (Å²) < 4.78 is 6.51. The van der Waals surface area contributed by atoms with Crippen molar-refractivity contribution in [3.63, 3.8) is 0 Å². The molecule has 0 spiro atoms. The molecule has 8 heteroatoms. The standard InChI is InChI=1S/C24H38IN3O4/c1-16(2)12-19(27-23(31)32-24(3,4)5)21(29)15-28-11-7-10-20(28)22(30)26-14-17-8-6-9-18(25)13-17/h6,8-9,13,16,19-21,29H,7,10-12,14-15H2,1-5H3,(H,26,30)(H,27,31)/t19-,20+,21+/m1/s1. The third kappa shape index (κ3) is 9.23. The molecule has 7 nitrogen and oxygen atoms in total. The number of carbonyl (C=O) groups is 2. The highest BCUT2D eigenvalue weighted by molar-refractivity contribution is 14.1. The van der Waals surface area contributed by atoms with E-state index in [1.807, 2.05) is 57.7 Å². The third-order valence-electron chi connectivity index (χ3n) is 5.34. The van der Waals surface area contributed by atoms with E-state index in [0.29, 0.717) is 19.5 Å². The van der Waals surface area contributed by atoms with Crippen molar-refractivity contribution < 1.29 is 19.4 Å². The molecule has 2 amide bonds. The summed E-state index contributed by atoms with van der Waals surface area (Å²) in [6.45, 7) is 11.1. The van der Waals surface area contributed by atoms with Crippen LogP contribution < -0.4 is 10.6 Å². The van der Waals surface area contributed by atoms with Crippen molar-refractivity contribution in [2.45, 2.75) is 84.2 Å². The van der Waals surface area contributed by atoms with Crippen LogP contribution in [0.1, 0.15) is 59.4 Å². The zero-order chi connectivity index (χ0) is 23.9. The molecular formula is C24H38IN3O4. The predicted octanol–water partition coefficient (Wildman–Crippen LogP) is 3.67. The number of amides is 2. The van der Waals surface area contributed by atoms with Crippen molar-refractivity contribution in [3.05, 3.63) is 33.4 Å². The third-order valence-corrected chi connectivity index (χ3v) is 6.01. The van der Waals surface area contributed by atoms with E-state index in [9.17, 15) is 14.7 Å². The monoisotopic (exact) mass is 559 g/mol. The van der Waals surface area contributed by atoms with E-state index >= 15 is 0 Å². The normalized spacial score (nSPS) is 18.9. The summed E-state index contributed by atoms with van der Waals surface area (Å²) in [6, 6.07) is 7.33. The van der Waals surface area contributed by atoms with Gasteiger partial charge in [0.25, 0.3) is 0 Å². The minimum Gasteiger partial charge on any atom is -0.444 e. The summed E-state index contributed by atoms with van der Waals surface area (Å²) in [5, 5.41) is 16.8. The SMILES string of the molecule is CC(C)C[C@@H](NC(=O)OC(C)(C)C)[C@@H](O)CN1CCC[C@H]1C(=O)NCc1cccc(I)c1. The molecule has 1 fully saturated rings. The molecule has 180 valence electrons. The number of likely N-dealkylation sites (tertiary alicyclic amines) is 1. The van der Waals surface area contributed by atoms with Crippen LogP contribution in [0.5, 0.6) is 0 Å². The maximum atomic E-state index is 12.9. The first-order chi connectivity index (χ1) is 14.9. The zero-order valence-corrected chi connectivity index (χ0v) is 22.0. The average Bonchev–Trinajstić information content (AvgIpc) is 3.12. The second-order valence-electron chi connectivity index (χ2n) is 9.95. The number of carbonyl (C=O) groups excluding carboxylic acids is 2. The van der Waals surface area contributed by atoms with Crippen LogP contribution >= 0.6 is 22.6 Å². The molecule has 1 heterocycles. The van der Waals surface area contributed by atoms with Gasteiger partial charge in [-0.25, -0.2) is 4.79 Å². The van der Waals surface area contributed by atoms with Crippen LogP contribution in [0.15, 0.2) is 24.3 Å². The van der Waals surface area contributed by atoms with Gasteiger partial charge in [0.15, 0.2) is 0 Å². The Kier molecular flexibility index (Phi) is 10.2. The Morgan fingerprint density at radius 3 is 2.66 bits per heavy atom. The van der Waals surface area contributed by atoms with Crippen molar-refractivity contribution in [3.8, 4) is 0 Å². The fourth-order valence-electron chi connectivity index (χ4n) is 3.94. The van der Waals surface area contributed by atoms with E-state index in [1.165, 1.54) is 0 Å². The Hall–Kier alpha value is -1.39. The first kappa shape index (κ1) is 26.9. The van der Waals surface area contributed by atoms with Crippen LogP contribution in [0.25, 0.3) is 0 Å². The van der Waals surface area contributed by atoms with Crippen LogP contribution in [0.4, 0.5) is 4.79 Å². The molecule has 2 rings (SSSR count). The van der Waals surface area contributed by atoms with Crippen LogP contribution in [0.2, 0.25) is 0 Å². The van der Waals surface area contributed by atoms with E-state index in [4.69, 9.17) is 4.74 Å². The minimum atomic E-state index is -0.797. The number of aliphatic hydroxyl groups is 1. The molecule has 1 saturated heterocycles. The van der Waals surface area contributed by atoms with Crippen LogP contribution in [-0.4, -0.2) is 58.9 Å². The molecular weight excluding hydrogens is 521 g/mol. The van der Waals surface area contributed by atoms with E-state index < -0.39 is 23.8 Å². The Labute approximate surface area is 205 Å². The highest BCUT2D eigenvalue weighted by Gasteiger charge is 2.34. The topological polar surface area (TPSA) is 90.9 Å².